The van der Waals surface area contributed by atoms with Gasteiger partial charge in [-0.1, -0.05) is 0 Å². The van der Waals surface area contributed by atoms with E-state index in [1.54, 1.807) is 41.2 Å². The van der Waals surface area contributed by atoms with Gasteiger partial charge in [0.2, 0.25) is 0 Å². The van der Waals surface area contributed by atoms with Crippen molar-refractivity contribution in [3.05, 3.63) is 68.4 Å². The number of imidazole rings is 1. The zero-order chi connectivity index (χ0) is 18.4. The first-order valence-electron chi connectivity index (χ1n) is 7.66. The number of halogens is 1. The molecule has 0 bridgehead atoms. The number of fused-ring (bicyclic) bond motifs is 2. The molecule has 0 aliphatic heterocycles. The van der Waals surface area contributed by atoms with Crippen LogP contribution < -0.4 is 11.3 Å². The highest BCUT2D eigenvalue weighted by Crippen LogP contribution is 2.27. The minimum absolute atomic E-state index is 0.119. The van der Waals surface area contributed by atoms with Crippen molar-refractivity contribution in [3.63, 3.8) is 0 Å². The van der Waals surface area contributed by atoms with Crippen LogP contribution in [-0.2, 0) is 4.74 Å². The minimum Gasteiger partial charge on any atom is -0.465 e. The number of anilines is 1. The van der Waals surface area contributed by atoms with E-state index in [2.05, 4.69) is 27.6 Å². The molecule has 3 aromatic heterocycles. The highest BCUT2D eigenvalue weighted by molar-refractivity contribution is 14.1. The lowest BCUT2D eigenvalue weighted by molar-refractivity contribution is 0.0600. The van der Waals surface area contributed by atoms with E-state index in [1.165, 1.54) is 11.7 Å². The van der Waals surface area contributed by atoms with Crippen LogP contribution in [0.2, 0.25) is 0 Å². The van der Waals surface area contributed by atoms with Crippen LogP contribution in [0.25, 0.3) is 22.2 Å². The van der Waals surface area contributed by atoms with Crippen molar-refractivity contribution in [2.24, 2.45) is 0 Å². The third kappa shape index (κ3) is 2.45. The summed E-state index contributed by atoms with van der Waals surface area (Å²) >= 11 is 2.17. The van der Waals surface area contributed by atoms with E-state index in [0.29, 0.717) is 16.6 Å². The lowest BCUT2D eigenvalue weighted by Gasteiger charge is -2.15. The molecule has 0 fully saturated rings. The Kier molecular flexibility index (Phi) is 3.91. The van der Waals surface area contributed by atoms with E-state index in [9.17, 15) is 9.59 Å². The fourth-order valence-electron chi connectivity index (χ4n) is 2.98. The zero-order valence-corrected chi connectivity index (χ0v) is 15.8. The van der Waals surface area contributed by atoms with Crippen LogP contribution in [0.1, 0.15) is 10.4 Å². The topological polar surface area (TPSA) is 91.6 Å². The van der Waals surface area contributed by atoms with Crippen LogP contribution in [0.15, 0.2) is 53.7 Å². The summed E-state index contributed by atoms with van der Waals surface area (Å²) in [6.07, 6.45) is 5.24. The number of hydrogen-bond acceptors (Lipinski definition) is 5. The third-order valence-corrected chi connectivity index (χ3v) is 4.87. The Morgan fingerprint density at radius 3 is 2.85 bits per heavy atom. The predicted octanol–water partition coefficient (Wildman–Crippen LogP) is 2.61. The van der Waals surface area contributed by atoms with E-state index < -0.39 is 11.5 Å². The molecule has 0 aliphatic rings. The van der Waals surface area contributed by atoms with E-state index in [-0.39, 0.29) is 11.3 Å². The second kappa shape index (κ2) is 6.13. The number of aromatic nitrogens is 3. The van der Waals surface area contributed by atoms with Crippen molar-refractivity contribution in [1.82, 2.24) is 14.0 Å². The Hall–Kier alpha value is -2.88. The maximum Gasteiger partial charge on any atom is 0.345 e. The molecule has 130 valence electrons. The molecule has 0 unspecified atom stereocenters. The van der Waals surface area contributed by atoms with Crippen LogP contribution in [0.3, 0.4) is 0 Å². The van der Waals surface area contributed by atoms with Crippen molar-refractivity contribution in [3.8, 4) is 5.69 Å². The van der Waals surface area contributed by atoms with Gasteiger partial charge in [0, 0.05) is 27.5 Å². The average Bonchev–Trinajstić information content (AvgIpc) is 3.09. The highest BCUT2D eigenvalue weighted by Gasteiger charge is 2.22. The number of carbonyl (C=O) groups excluding carboxylic acids is 1. The van der Waals surface area contributed by atoms with Gasteiger partial charge < -0.3 is 14.9 Å². The fourth-order valence-corrected chi connectivity index (χ4v) is 3.46. The van der Waals surface area contributed by atoms with Gasteiger partial charge in [0.05, 0.1) is 24.0 Å². The lowest BCUT2D eigenvalue weighted by atomic mass is 10.1. The molecule has 26 heavy (non-hydrogen) atoms. The smallest absolute Gasteiger partial charge is 0.345 e. The SMILES string of the molecule is COC(=O)c1c(N)c2ccc(I)cc2n(-c2ccc3nccn3c2)c1=O. The predicted molar refractivity (Wildman–Crippen MR) is 107 cm³/mol. The summed E-state index contributed by atoms with van der Waals surface area (Å²) in [5.74, 6) is -0.759. The molecular weight excluding hydrogens is 447 g/mol. The number of rotatable bonds is 2. The molecule has 8 heteroatoms. The summed E-state index contributed by atoms with van der Waals surface area (Å²) in [6, 6.07) is 9.10. The summed E-state index contributed by atoms with van der Waals surface area (Å²) in [5.41, 5.74) is 7.52. The van der Waals surface area contributed by atoms with Crippen LogP contribution in [0, 0.1) is 3.57 Å². The summed E-state index contributed by atoms with van der Waals surface area (Å²) in [6.45, 7) is 0. The number of nitrogens with zero attached hydrogens (tertiary/aromatic N) is 3. The van der Waals surface area contributed by atoms with Crippen molar-refractivity contribution >= 4 is 50.8 Å². The highest BCUT2D eigenvalue weighted by atomic mass is 127. The Balaban J connectivity index is 2.17. The van der Waals surface area contributed by atoms with Gasteiger partial charge in [-0.3, -0.25) is 9.36 Å². The van der Waals surface area contributed by atoms with Crippen LogP contribution in [0.4, 0.5) is 5.69 Å². The molecule has 0 radical (unpaired) electrons. The summed E-state index contributed by atoms with van der Waals surface area (Å²) in [5, 5.41) is 0.608. The summed E-state index contributed by atoms with van der Waals surface area (Å²) < 4.78 is 8.99. The fraction of sp³-hybridized carbons (Fsp3) is 0.0556. The molecule has 0 saturated heterocycles. The van der Waals surface area contributed by atoms with Crippen molar-refractivity contribution in [2.45, 2.75) is 0 Å². The molecule has 4 aromatic rings. The van der Waals surface area contributed by atoms with Gasteiger partial charge in [0.25, 0.3) is 5.56 Å². The average molecular weight is 460 g/mol. The van der Waals surface area contributed by atoms with Gasteiger partial charge in [-0.2, -0.15) is 0 Å². The number of hydrogen-bond donors (Lipinski definition) is 1. The molecule has 0 saturated carbocycles. The molecule has 0 aliphatic carbocycles. The van der Waals surface area contributed by atoms with Gasteiger partial charge in [0.1, 0.15) is 11.2 Å². The number of methoxy groups -OCH3 is 1. The number of esters is 1. The summed E-state index contributed by atoms with van der Waals surface area (Å²) in [4.78, 5) is 29.5. The molecule has 4 rings (SSSR count). The first-order chi connectivity index (χ1) is 12.5. The molecule has 1 aromatic carbocycles. The molecule has 3 heterocycles. The number of nitrogen functional groups attached to an aromatic ring is 1. The zero-order valence-electron chi connectivity index (χ0n) is 13.6. The van der Waals surface area contributed by atoms with Gasteiger partial charge in [-0.25, -0.2) is 9.78 Å². The molecule has 0 atom stereocenters. The molecule has 7 nitrogen and oxygen atoms in total. The quantitative estimate of drug-likeness (QED) is 0.367. The maximum atomic E-state index is 13.1. The Labute approximate surface area is 161 Å². The van der Waals surface area contributed by atoms with Crippen molar-refractivity contribution in [2.75, 3.05) is 12.8 Å². The molecular formula is C18H13IN4O3. The summed E-state index contributed by atoms with van der Waals surface area (Å²) in [7, 11) is 1.22. The number of carbonyl (C=O) groups is 1. The van der Waals surface area contributed by atoms with Gasteiger partial charge >= 0.3 is 5.97 Å². The first-order valence-corrected chi connectivity index (χ1v) is 8.74. The Morgan fingerprint density at radius 1 is 1.27 bits per heavy atom. The van der Waals surface area contributed by atoms with Gasteiger partial charge in [-0.05, 0) is 52.9 Å². The lowest BCUT2D eigenvalue weighted by Crippen LogP contribution is -2.28. The molecule has 0 amide bonds. The van der Waals surface area contributed by atoms with Crippen molar-refractivity contribution in [1.29, 1.82) is 0 Å². The standard InChI is InChI=1S/C18H13IN4O3/c1-26-18(25)15-16(20)12-4-2-10(19)8-13(12)23(17(15)24)11-3-5-14-21-6-7-22(14)9-11/h2-9H,20H2,1H3. The van der Waals surface area contributed by atoms with E-state index >= 15 is 0 Å². The number of benzene rings is 1. The van der Waals surface area contributed by atoms with Crippen LogP contribution in [-0.4, -0.2) is 27.0 Å². The molecule has 0 spiro atoms. The number of ether oxygens (including phenoxy) is 1. The van der Waals surface area contributed by atoms with E-state index in [0.717, 1.165) is 9.22 Å². The largest absolute Gasteiger partial charge is 0.465 e. The number of pyridine rings is 2. The van der Waals surface area contributed by atoms with Crippen LogP contribution >= 0.6 is 22.6 Å². The van der Waals surface area contributed by atoms with Gasteiger partial charge in [0.15, 0.2) is 0 Å². The van der Waals surface area contributed by atoms with Gasteiger partial charge in [-0.15, -0.1) is 0 Å². The second-order valence-electron chi connectivity index (χ2n) is 5.66. The number of nitrogens with two attached hydrogens (primary N) is 1. The Morgan fingerprint density at radius 2 is 2.08 bits per heavy atom. The Bertz CT molecular complexity index is 1240. The maximum absolute atomic E-state index is 13.1. The second-order valence-corrected chi connectivity index (χ2v) is 6.91. The monoisotopic (exact) mass is 460 g/mol. The normalized spacial score (nSPS) is 11.2. The van der Waals surface area contributed by atoms with E-state index in [1.807, 2.05) is 12.1 Å². The van der Waals surface area contributed by atoms with Crippen molar-refractivity contribution < 1.29 is 9.53 Å². The third-order valence-electron chi connectivity index (χ3n) is 4.20. The van der Waals surface area contributed by atoms with E-state index in [4.69, 9.17) is 10.5 Å². The molecule has 2 N–H and O–H groups in total. The first kappa shape index (κ1) is 16.6. The minimum atomic E-state index is -0.759. The van der Waals surface area contributed by atoms with Crippen LogP contribution in [0.5, 0.6) is 0 Å².